The van der Waals surface area contributed by atoms with Crippen LogP contribution in [0.1, 0.15) is 33.6 Å². The highest BCUT2D eigenvalue weighted by molar-refractivity contribution is 5.69. The number of hydrogen-bond donors (Lipinski definition) is 0. The molecule has 108 valence electrons. The van der Waals surface area contributed by atoms with E-state index in [0.717, 1.165) is 0 Å². The van der Waals surface area contributed by atoms with Crippen LogP contribution in [0.2, 0.25) is 0 Å². The van der Waals surface area contributed by atoms with E-state index < -0.39 is 30.4 Å². The summed E-state index contributed by atoms with van der Waals surface area (Å²) in [4.78, 5) is 32.9. The minimum absolute atomic E-state index is 0.0393. The number of carbonyl (C=O) groups excluding carboxylic acids is 3. The zero-order valence-electron chi connectivity index (χ0n) is 11.2. The molecule has 0 aliphatic carbocycles. The molecular weight excluding hydrogens is 256 g/mol. The molecule has 19 heavy (non-hydrogen) atoms. The van der Waals surface area contributed by atoms with E-state index in [2.05, 4.69) is 0 Å². The van der Waals surface area contributed by atoms with Crippen molar-refractivity contribution in [3.63, 3.8) is 0 Å². The van der Waals surface area contributed by atoms with Gasteiger partial charge in [-0.1, -0.05) is 6.92 Å². The van der Waals surface area contributed by atoms with Crippen LogP contribution in [0.3, 0.4) is 0 Å². The van der Waals surface area contributed by atoms with Crippen molar-refractivity contribution in [1.82, 2.24) is 0 Å². The molecule has 1 aliphatic rings. The Bertz CT molecular complexity index is 352. The summed E-state index contributed by atoms with van der Waals surface area (Å²) in [5.74, 6) is -1.33. The molecule has 0 aromatic carbocycles. The SMILES string of the molecule is CCC(=O)OC[C@H]1OC(OC(C)=O)C[C@@H]1OC(C)=O. The summed E-state index contributed by atoms with van der Waals surface area (Å²) in [6, 6.07) is 0. The van der Waals surface area contributed by atoms with Crippen LogP contribution >= 0.6 is 0 Å². The number of carbonyl (C=O) groups is 3. The molecule has 1 fully saturated rings. The molecule has 0 aromatic rings. The van der Waals surface area contributed by atoms with E-state index in [1.54, 1.807) is 6.92 Å². The predicted molar refractivity (Wildman–Crippen MR) is 61.8 cm³/mol. The van der Waals surface area contributed by atoms with Crippen molar-refractivity contribution in [2.24, 2.45) is 0 Å². The van der Waals surface area contributed by atoms with E-state index in [0.29, 0.717) is 0 Å². The first-order chi connectivity index (χ1) is 8.92. The Morgan fingerprint density at radius 3 is 2.32 bits per heavy atom. The zero-order chi connectivity index (χ0) is 14.4. The third-order valence-electron chi connectivity index (χ3n) is 2.48. The van der Waals surface area contributed by atoms with E-state index in [-0.39, 0.29) is 25.4 Å². The van der Waals surface area contributed by atoms with Gasteiger partial charge in [0, 0.05) is 20.3 Å². The van der Waals surface area contributed by atoms with Gasteiger partial charge in [0.15, 0.2) is 0 Å². The fourth-order valence-corrected chi connectivity index (χ4v) is 1.70. The summed E-state index contributed by atoms with van der Waals surface area (Å²) in [6.45, 7) is 4.16. The maximum atomic E-state index is 11.1. The van der Waals surface area contributed by atoms with Gasteiger partial charge in [0.05, 0.1) is 6.42 Å². The Labute approximate surface area is 111 Å². The van der Waals surface area contributed by atoms with Crippen molar-refractivity contribution in [3.8, 4) is 0 Å². The molecule has 1 unspecified atom stereocenters. The maximum Gasteiger partial charge on any atom is 0.305 e. The summed E-state index contributed by atoms with van der Waals surface area (Å²) in [7, 11) is 0. The van der Waals surface area contributed by atoms with Gasteiger partial charge in [0.2, 0.25) is 6.29 Å². The molecule has 7 nitrogen and oxygen atoms in total. The Morgan fingerprint density at radius 2 is 1.79 bits per heavy atom. The zero-order valence-corrected chi connectivity index (χ0v) is 11.2. The minimum Gasteiger partial charge on any atom is -0.463 e. The fourth-order valence-electron chi connectivity index (χ4n) is 1.70. The van der Waals surface area contributed by atoms with Gasteiger partial charge in [-0.05, 0) is 0 Å². The fraction of sp³-hybridized carbons (Fsp3) is 0.750. The largest absolute Gasteiger partial charge is 0.463 e. The van der Waals surface area contributed by atoms with E-state index in [9.17, 15) is 14.4 Å². The average Bonchev–Trinajstić information content (AvgIpc) is 2.66. The molecule has 0 spiro atoms. The van der Waals surface area contributed by atoms with Gasteiger partial charge in [-0.3, -0.25) is 14.4 Å². The third kappa shape index (κ3) is 5.25. The predicted octanol–water partition coefficient (Wildman–Crippen LogP) is 0.549. The molecule has 1 aliphatic heterocycles. The van der Waals surface area contributed by atoms with Crippen LogP contribution in [-0.4, -0.2) is 43.0 Å². The topological polar surface area (TPSA) is 88.1 Å². The standard InChI is InChI=1S/C12H18O7/c1-4-11(15)16-6-10-9(17-7(2)13)5-12(19-10)18-8(3)14/h9-10,12H,4-6H2,1-3H3/t9-,10+,12?/m0/s1. The molecule has 0 radical (unpaired) electrons. The van der Waals surface area contributed by atoms with Crippen LogP contribution in [0.25, 0.3) is 0 Å². The lowest BCUT2D eigenvalue weighted by Crippen LogP contribution is -2.31. The Hall–Kier alpha value is -1.63. The molecule has 0 aromatic heterocycles. The second kappa shape index (κ2) is 7.08. The van der Waals surface area contributed by atoms with Gasteiger partial charge in [0.1, 0.15) is 18.8 Å². The van der Waals surface area contributed by atoms with Crippen LogP contribution in [0.5, 0.6) is 0 Å². The van der Waals surface area contributed by atoms with E-state index in [4.69, 9.17) is 18.9 Å². The van der Waals surface area contributed by atoms with Gasteiger partial charge in [0.25, 0.3) is 0 Å². The molecule has 0 bridgehead atoms. The van der Waals surface area contributed by atoms with Gasteiger partial charge in [-0.2, -0.15) is 0 Å². The van der Waals surface area contributed by atoms with Crippen LogP contribution < -0.4 is 0 Å². The first-order valence-corrected chi connectivity index (χ1v) is 6.07. The van der Waals surface area contributed by atoms with E-state index in [1.807, 2.05) is 0 Å². The van der Waals surface area contributed by atoms with Gasteiger partial charge in [-0.15, -0.1) is 0 Å². The van der Waals surface area contributed by atoms with Crippen LogP contribution in [-0.2, 0) is 33.3 Å². The maximum absolute atomic E-state index is 11.1. The van der Waals surface area contributed by atoms with Crippen LogP contribution in [0, 0.1) is 0 Å². The summed E-state index contributed by atoms with van der Waals surface area (Å²) in [6.07, 6.45) is -1.52. The lowest BCUT2D eigenvalue weighted by Gasteiger charge is -2.17. The highest BCUT2D eigenvalue weighted by Gasteiger charge is 2.40. The van der Waals surface area contributed by atoms with Crippen LogP contribution in [0.15, 0.2) is 0 Å². The average molecular weight is 274 g/mol. The summed E-state index contributed by atoms with van der Waals surface area (Å²) in [5, 5.41) is 0. The molecule has 7 heteroatoms. The molecule has 0 amide bonds. The minimum atomic E-state index is -0.785. The van der Waals surface area contributed by atoms with Crippen molar-refractivity contribution >= 4 is 17.9 Å². The normalized spacial score (nSPS) is 25.7. The monoisotopic (exact) mass is 274 g/mol. The Kier molecular flexibility index (Phi) is 5.75. The second-order valence-corrected chi connectivity index (χ2v) is 4.13. The molecule has 0 saturated carbocycles. The van der Waals surface area contributed by atoms with Gasteiger partial charge in [-0.25, -0.2) is 0 Å². The van der Waals surface area contributed by atoms with Gasteiger partial charge >= 0.3 is 17.9 Å². The van der Waals surface area contributed by atoms with E-state index in [1.165, 1.54) is 13.8 Å². The molecular formula is C12H18O7. The second-order valence-electron chi connectivity index (χ2n) is 4.13. The summed E-state index contributed by atoms with van der Waals surface area (Å²) < 4.78 is 20.3. The van der Waals surface area contributed by atoms with Crippen molar-refractivity contribution < 1.29 is 33.3 Å². The number of hydrogen-bond acceptors (Lipinski definition) is 7. The lowest BCUT2D eigenvalue weighted by atomic mass is 10.2. The van der Waals surface area contributed by atoms with Crippen molar-refractivity contribution in [2.45, 2.75) is 52.1 Å². The quantitative estimate of drug-likeness (QED) is 0.534. The molecule has 3 atom stereocenters. The lowest BCUT2D eigenvalue weighted by molar-refractivity contribution is -0.180. The van der Waals surface area contributed by atoms with Crippen molar-refractivity contribution in [3.05, 3.63) is 0 Å². The Balaban J connectivity index is 2.55. The first kappa shape index (κ1) is 15.4. The number of esters is 3. The highest BCUT2D eigenvalue weighted by atomic mass is 16.7. The first-order valence-electron chi connectivity index (χ1n) is 6.07. The van der Waals surface area contributed by atoms with Crippen LogP contribution in [0.4, 0.5) is 0 Å². The molecule has 1 saturated heterocycles. The van der Waals surface area contributed by atoms with E-state index >= 15 is 0 Å². The smallest absolute Gasteiger partial charge is 0.305 e. The summed E-state index contributed by atoms with van der Waals surface area (Å²) in [5.41, 5.74) is 0. The summed E-state index contributed by atoms with van der Waals surface area (Å²) >= 11 is 0. The molecule has 0 N–H and O–H groups in total. The highest BCUT2D eigenvalue weighted by Crippen LogP contribution is 2.25. The van der Waals surface area contributed by atoms with Crippen molar-refractivity contribution in [2.75, 3.05) is 6.61 Å². The third-order valence-corrected chi connectivity index (χ3v) is 2.48. The van der Waals surface area contributed by atoms with Crippen molar-refractivity contribution in [1.29, 1.82) is 0 Å². The molecule has 1 rings (SSSR count). The Morgan fingerprint density at radius 1 is 1.16 bits per heavy atom. The number of rotatable bonds is 5. The molecule has 1 heterocycles. The van der Waals surface area contributed by atoms with Gasteiger partial charge < -0.3 is 18.9 Å². The number of ether oxygens (including phenoxy) is 4.